The molecule has 0 saturated heterocycles. The standard InChI is InChI=1S/C16H14N4O5S/c1-11-4-2-5-12(8-11)16-19-18-15(25-16)10-17-26(23,24)14-7-3-6-13(9-14)20(21)22/h2-9,17H,10H2,1H3. The number of nitro benzene ring substituents is 1. The normalized spacial score (nSPS) is 11.4. The summed E-state index contributed by atoms with van der Waals surface area (Å²) in [5, 5.41) is 18.5. The van der Waals surface area contributed by atoms with Gasteiger partial charge in [-0.15, -0.1) is 10.2 Å². The molecule has 0 atom stereocenters. The zero-order valence-electron chi connectivity index (χ0n) is 13.6. The lowest BCUT2D eigenvalue weighted by atomic mass is 10.1. The number of non-ortho nitro benzene ring substituents is 1. The van der Waals surface area contributed by atoms with Gasteiger partial charge < -0.3 is 4.42 Å². The molecule has 0 unspecified atom stereocenters. The van der Waals surface area contributed by atoms with Gasteiger partial charge >= 0.3 is 0 Å². The zero-order chi connectivity index (χ0) is 18.7. The van der Waals surface area contributed by atoms with Crippen molar-refractivity contribution >= 4 is 15.7 Å². The van der Waals surface area contributed by atoms with Gasteiger partial charge in [0.2, 0.25) is 21.8 Å². The van der Waals surface area contributed by atoms with Crippen LogP contribution in [0.2, 0.25) is 0 Å². The van der Waals surface area contributed by atoms with E-state index in [1.807, 2.05) is 25.1 Å². The van der Waals surface area contributed by atoms with E-state index in [1.54, 1.807) is 6.07 Å². The average molecular weight is 374 g/mol. The molecule has 0 bridgehead atoms. The highest BCUT2D eigenvalue weighted by atomic mass is 32.2. The predicted octanol–water partition coefficient (Wildman–Crippen LogP) is 2.43. The molecule has 0 aliphatic carbocycles. The van der Waals surface area contributed by atoms with Crippen molar-refractivity contribution in [1.29, 1.82) is 0 Å². The molecule has 1 aromatic heterocycles. The maximum Gasteiger partial charge on any atom is 0.270 e. The summed E-state index contributed by atoms with van der Waals surface area (Å²) in [7, 11) is -3.96. The lowest BCUT2D eigenvalue weighted by molar-refractivity contribution is -0.385. The molecule has 0 aliphatic rings. The molecule has 26 heavy (non-hydrogen) atoms. The molecular weight excluding hydrogens is 360 g/mol. The van der Waals surface area contributed by atoms with Gasteiger partial charge in [0, 0.05) is 17.7 Å². The molecule has 0 amide bonds. The van der Waals surface area contributed by atoms with E-state index in [2.05, 4.69) is 14.9 Å². The fourth-order valence-electron chi connectivity index (χ4n) is 2.22. The first-order valence-corrected chi connectivity index (χ1v) is 8.97. The Balaban J connectivity index is 1.74. The van der Waals surface area contributed by atoms with Crippen molar-refractivity contribution in [1.82, 2.24) is 14.9 Å². The van der Waals surface area contributed by atoms with Crippen LogP contribution in [0.5, 0.6) is 0 Å². The molecule has 134 valence electrons. The molecule has 0 radical (unpaired) electrons. The largest absolute Gasteiger partial charge is 0.419 e. The summed E-state index contributed by atoms with van der Waals surface area (Å²) in [4.78, 5) is 9.90. The summed E-state index contributed by atoms with van der Waals surface area (Å²) < 4.78 is 32.3. The predicted molar refractivity (Wildman–Crippen MR) is 91.6 cm³/mol. The van der Waals surface area contributed by atoms with Gasteiger partial charge in [-0.2, -0.15) is 0 Å². The van der Waals surface area contributed by atoms with E-state index in [-0.39, 0.29) is 28.9 Å². The Kier molecular flexibility index (Phi) is 4.78. The first-order valence-electron chi connectivity index (χ1n) is 7.49. The van der Waals surface area contributed by atoms with Crippen LogP contribution in [0.1, 0.15) is 11.5 Å². The van der Waals surface area contributed by atoms with Crippen molar-refractivity contribution in [2.45, 2.75) is 18.4 Å². The van der Waals surface area contributed by atoms with E-state index in [4.69, 9.17) is 4.42 Å². The number of rotatable bonds is 6. The fourth-order valence-corrected chi connectivity index (χ4v) is 3.24. The molecule has 1 N–H and O–H groups in total. The van der Waals surface area contributed by atoms with E-state index in [0.29, 0.717) is 0 Å². The number of hydrogen-bond donors (Lipinski definition) is 1. The quantitative estimate of drug-likeness (QED) is 0.518. The molecule has 0 spiro atoms. The number of nitrogens with zero attached hydrogens (tertiary/aromatic N) is 3. The Morgan fingerprint density at radius 2 is 1.92 bits per heavy atom. The molecule has 0 saturated carbocycles. The van der Waals surface area contributed by atoms with Crippen LogP contribution in [0.3, 0.4) is 0 Å². The van der Waals surface area contributed by atoms with Crippen LogP contribution < -0.4 is 4.72 Å². The lowest BCUT2D eigenvalue weighted by Crippen LogP contribution is -2.23. The minimum atomic E-state index is -3.96. The monoisotopic (exact) mass is 374 g/mol. The van der Waals surface area contributed by atoms with Gasteiger partial charge in [-0.05, 0) is 25.1 Å². The maximum atomic E-state index is 12.3. The summed E-state index contributed by atoms with van der Waals surface area (Å²) in [5.41, 5.74) is 1.44. The molecule has 9 nitrogen and oxygen atoms in total. The Bertz CT molecular complexity index is 1060. The van der Waals surface area contributed by atoms with E-state index in [0.717, 1.165) is 17.2 Å². The number of hydrogen-bond acceptors (Lipinski definition) is 7. The third-order valence-electron chi connectivity index (χ3n) is 3.48. The van der Waals surface area contributed by atoms with Gasteiger partial charge in [0.15, 0.2) is 0 Å². The highest BCUT2D eigenvalue weighted by molar-refractivity contribution is 7.89. The van der Waals surface area contributed by atoms with E-state index >= 15 is 0 Å². The van der Waals surface area contributed by atoms with Gasteiger partial charge in [-0.3, -0.25) is 10.1 Å². The third kappa shape index (κ3) is 3.92. The Morgan fingerprint density at radius 1 is 1.15 bits per heavy atom. The van der Waals surface area contributed by atoms with Gasteiger partial charge in [0.1, 0.15) is 0 Å². The van der Waals surface area contributed by atoms with Gasteiger partial charge in [-0.25, -0.2) is 13.1 Å². The highest BCUT2D eigenvalue weighted by Gasteiger charge is 2.19. The molecule has 3 aromatic rings. The van der Waals surface area contributed by atoms with Crippen LogP contribution in [0.4, 0.5) is 5.69 Å². The molecule has 10 heteroatoms. The van der Waals surface area contributed by atoms with Crippen LogP contribution in [-0.2, 0) is 16.6 Å². The second-order valence-electron chi connectivity index (χ2n) is 5.45. The van der Waals surface area contributed by atoms with Crippen molar-refractivity contribution in [3.63, 3.8) is 0 Å². The summed E-state index contributed by atoms with van der Waals surface area (Å²) in [6, 6.07) is 12.2. The number of sulfonamides is 1. The van der Waals surface area contributed by atoms with Crippen molar-refractivity contribution in [2.75, 3.05) is 0 Å². The van der Waals surface area contributed by atoms with Gasteiger partial charge in [-0.1, -0.05) is 23.8 Å². The van der Waals surface area contributed by atoms with Crippen molar-refractivity contribution in [3.8, 4) is 11.5 Å². The van der Waals surface area contributed by atoms with E-state index < -0.39 is 14.9 Å². The number of benzene rings is 2. The molecule has 1 heterocycles. The van der Waals surface area contributed by atoms with Crippen molar-refractivity contribution in [2.24, 2.45) is 0 Å². The van der Waals surface area contributed by atoms with E-state index in [9.17, 15) is 18.5 Å². The van der Waals surface area contributed by atoms with Gasteiger partial charge in [0.25, 0.3) is 5.69 Å². The molecular formula is C16H14N4O5S. The first kappa shape index (κ1) is 17.7. The van der Waals surface area contributed by atoms with Crippen LogP contribution in [0, 0.1) is 17.0 Å². The minimum Gasteiger partial charge on any atom is -0.419 e. The summed E-state index contributed by atoms with van der Waals surface area (Å²) in [5.74, 6) is 0.355. The number of nitrogens with one attached hydrogen (secondary N) is 1. The minimum absolute atomic E-state index is 0.0792. The molecule has 0 aliphatic heterocycles. The highest BCUT2D eigenvalue weighted by Crippen LogP contribution is 2.20. The second-order valence-corrected chi connectivity index (χ2v) is 7.22. The third-order valence-corrected chi connectivity index (χ3v) is 4.88. The van der Waals surface area contributed by atoms with Crippen LogP contribution >= 0.6 is 0 Å². The van der Waals surface area contributed by atoms with Crippen LogP contribution in [0.25, 0.3) is 11.5 Å². The first-order chi connectivity index (χ1) is 12.3. The summed E-state index contributed by atoms with van der Waals surface area (Å²) >= 11 is 0. The summed E-state index contributed by atoms with van der Waals surface area (Å²) in [6.45, 7) is 1.69. The smallest absolute Gasteiger partial charge is 0.270 e. The van der Waals surface area contributed by atoms with E-state index in [1.165, 1.54) is 18.2 Å². The molecule has 2 aromatic carbocycles. The Morgan fingerprint density at radius 3 is 2.65 bits per heavy atom. The van der Waals surface area contributed by atoms with Crippen LogP contribution in [0.15, 0.2) is 57.8 Å². The second kappa shape index (κ2) is 7.02. The Labute approximate surface area is 148 Å². The zero-order valence-corrected chi connectivity index (χ0v) is 14.4. The van der Waals surface area contributed by atoms with Crippen LogP contribution in [-0.4, -0.2) is 23.5 Å². The fraction of sp³-hybridized carbons (Fsp3) is 0.125. The number of aryl methyl sites for hydroxylation is 1. The lowest BCUT2D eigenvalue weighted by Gasteiger charge is -2.04. The summed E-state index contributed by atoms with van der Waals surface area (Å²) in [6.07, 6.45) is 0. The average Bonchev–Trinajstić information content (AvgIpc) is 3.09. The topological polar surface area (TPSA) is 128 Å². The maximum absolute atomic E-state index is 12.3. The SMILES string of the molecule is Cc1cccc(-c2nnc(CNS(=O)(=O)c3cccc([N+](=O)[O-])c3)o2)c1. The number of nitro groups is 1. The number of aromatic nitrogens is 2. The molecule has 0 fully saturated rings. The Hall–Kier alpha value is -3.11. The molecule has 3 rings (SSSR count). The van der Waals surface area contributed by atoms with Gasteiger partial charge in [0.05, 0.1) is 16.4 Å². The van der Waals surface area contributed by atoms with Crippen molar-refractivity contribution in [3.05, 3.63) is 70.1 Å². The van der Waals surface area contributed by atoms with Crippen molar-refractivity contribution < 1.29 is 17.8 Å².